The van der Waals surface area contributed by atoms with Crippen LogP contribution in [0, 0.1) is 39.0 Å². The summed E-state index contributed by atoms with van der Waals surface area (Å²) in [6.07, 6.45) is 1.58. The molecule has 3 rings (SSSR count). The molecule has 1 amide bonds. The summed E-state index contributed by atoms with van der Waals surface area (Å²) in [5, 5.41) is 13.5. The predicted molar refractivity (Wildman–Crippen MR) is 135 cm³/mol. The molecule has 3 aromatic rings. The van der Waals surface area contributed by atoms with Gasteiger partial charge in [0, 0.05) is 21.3 Å². The summed E-state index contributed by atoms with van der Waals surface area (Å²) >= 11 is 12.2. The smallest absolute Gasteiger partial charge is 0.266 e. The molecule has 0 saturated carbocycles. The third kappa shape index (κ3) is 6.16. The molecule has 0 bridgehead atoms. The fourth-order valence-corrected chi connectivity index (χ4v) is 3.88. The van der Waals surface area contributed by atoms with Crippen LogP contribution in [-0.2, 0) is 11.4 Å². The first kappa shape index (κ1) is 24.4. The average Bonchev–Trinajstić information content (AvgIpc) is 2.75. The fraction of sp³-hybridized carbons (Fsp3) is 0.185. The number of carbonyl (C=O) groups excluding carboxylic acids is 1. The summed E-state index contributed by atoms with van der Waals surface area (Å²) in [5.41, 5.74) is 6.23. The highest BCUT2D eigenvalue weighted by molar-refractivity contribution is 6.35. The molecule has 0 radical (unpaired) electrons. The Morgan fingerprint density at radius 1 is 0.970 bits per heavy atom. The lowest BCUT2D eigenvalue weighted by atomic mass is 10.0. The summed E-state index contributed by atoms with van der Waals surface area (Å²) < 4.78 is 6.02. The predicted octanol–water partition coefficient (Wildman–Crippen LogP) is 7.35. The third-order valence-corrected chi connectivity index (χ3v) is 5.90. The zero-order chi connectivity index (χ0) is 24.1. The quantitative estimate of drug-likeness (QED) is 0.297. The Morgan fingerprint density at radius 3 is 2.27 bits per heavy atom. The molecule has 0 aliphatic heterocycles. The van der Waals surface area contributed by atoms with Gasteiger partial charge in [-0.2, -0.15) is 5.26 Å². The number of aryl methyl sites for hydroxylation is 4. The van der Waals surface area contributed by atoms with Crippen molar-refractivity contribution in [1.82, 2.24) is 0 Å². The number of anilines is 1. The number of benzene rings is 3. The van der Waals surface area contributed by atoms with Crippen LogP contribution in [0.2, 0.25) is 10.0 Å². The van der Waals surface area contributed by atoms with E-state index in [1.165, 1.54) is 0 Å². The van der Waals surface area contributed by atoms with Crippen LogP contribution in [0.4, 0.5) is 5.69 Å². The number of halogens is 2. The van der Waals surface area contributed by atoms with Crippen molar-refractivity contribution in [2.45, 2.75) is 34.3 Å². The molecule has 168 valence electrons. The van der Waals surface area contributed by atoms with E-state index in [0.29, 0.717) is 22.3 Å². The summed E-state index contributed by atoms with van der Waals surface area (Å²) in [6, 6.07) is 16.7. The first-order valence-electron chi connectivity index (χ1n) is 10.4. The Morgan fingerprint density at radius 2 is 1.67 bits per heavy atom. The van der Waals surface area contributed by atoms with Gasteiger partial charge >= 0.3 is 0 Å². The SMILES string of the molecule is Cc1ccc(NC(=O)/C(C#N)=C/c2cc(C)c(OCc3ccc(Cl)cc3Cl)c(C)c2)cc1C. The van der Waals surface area contributed by atoms with E-state index in [1.807, 2.05) is 70.2 Å². The van der Waals surface area contributed by atoms with Crippen molar-refractivity contribution in [3.8, 4) is 11.8 Å². The van der Waals surface area contributed by atoms with Crippen LogP contribution >= 0.6 is 23.2 Å². The van der Waals surface area contributed by atoms with E-state index in [9.17, 15) is 10.1 Å². The van der Waals surface area contributed by atoms with Gasteiger partial charge in [-0.05, 0) is 98.0 Å². The number of nitrogens with one attached hydrogen (secondary N) is 1. The second-order valence-corrected chi connectivity index (χ2v) is 8.77. The Bertz CT molecular complexity index is 1270. The summed E-state index contributed by atoms with van der Waals surface area (Å²) in [7, 11) is 0. The lowest BCUT2D eigenvalue weighted by Gasteiger charge is -2.14. The Balaban J connectivity index is 1.78. The van der Waals surface area contributed by atoms with Crippen LogP contribution < -0.4 is 10.1 Å². The lowest BCUT2D eigenvalue weighted by Crippen LogP contribution is -2.13. The molecule has 0 aliphatic carbocycles. The van der Waals surface area contributed by atoms with Gasteiger partial charge in [0.2, 0.25) is 0 Å². The molecule has 4 nitrogen and oxygen atoms in total. The van der Waals surface area contributed by atoms with Crippen molar-refractivity contribution in [1.29, 1.82) is 5.26 Å². The van der Waals surface area contributed by atoms with Gasteiger partial charge in [0.05, 0.1) is 0 Å². The number of nitrogens with zero attached hydrogens (tertiary/aromatic N) is 1. The molecule has 1 N–H and O–H groups in total. The van der Waals surface area contributed by atoms with Gasteiger partial charge in [-0.25, -0.2) is 0 Å². The molecule has 0 spiro atoms. The zero-order valence-corrected chi connectivity index (χ0v) is 20.4. The van der Waals surface area contributed by atoms with Gasteiger partial charge < -0.3 is 10.1 Å². The van der Waals surface area contributed by atoms with Gasteiger partial charge in [0.1, 0.15) is 24.0 Å². The van der Waals surface area contributed by atoms with E-state index >= 15 is 0 Å². The standard InChI is InChI=1S/C27H24Cl2N2O2/c1-16-5-8-24(11-17(16)2)31-27(32)22(14-30)12-20-9-18(3)26(19(4)10-20)33-15-21-6-7-23(28)13-25(21)29/h5-13H,15H2,1-4H3,(H,31,32)/b22-12+. The molecular weight excluding hydrogens is 455 g/mol. The molecule has 0 atom stereocenters. The maximum absolute atomic E-state index is 12.6. The second-order valence-electron chi connectivity index (χ2n) is 7.93. The number of carbonyl (C=O) groups is 1. The van der Waals surface area contributed by atoms with Crippen LogP contribution in [0.1, 0.15) is 33.4 Å². The first-order valence-corrected chi connectivity index (χ1v) is 11.1. The topological polar surface area (TPSA) is 62.1 Å². The van der Waals surface area contributed by atoms with Gasteiger partial charge in [-0.15, -0.1) is 0 Å². The number of ether oxygens (including phenoxy) is 1. The van der Waals surface area contributed by atoms with Crippen LogP contribution in [0.5, 0.6) is 5.75 Å². The summed E-state index contributed by atoms with van der Waals surface area (Å²) in [5.74, 6) is 0.282. The number of hydrogen-bond donors (Lipinski definition) is 1. The maximum Gasteiger partial charge on any atom is 0.266 e. The van der Waals surface area contributed by atoms with E-state index in [2.05, 4.69) is 5.32 Å². The van der Waals surface area contributed by atoms with Gasteiger partial charge in [-0.3, -0.25) is 4.79 Å². The molecule has 0 saturated heterocycles. The first-order chi connectivity index (χ1) is 15.7. The Kier molecular flexibility index (Phi) is 7.81. The second kappa shape index (κ2) is 10.6. The molecule has 0 aromatic heterocycles. The third-order valence-electron chi connectivity index (χ3n) is 5.31. The number of hydrogen-bond acceptors (Lipinski definition) is 3. The van der Waals surface area contributed by atoms with Crippen LogP contribution in [-0.4, -0.2) is 5.91 Å². The highest BCUT2D eigenvalue weighted by Gasteiger charge is 2.13. The highest BCUT2D eigenvalue weighted by atomic mass is 35.5. The fourth-order valence-electron chi connectivity index (χ4n) is 3.42. The van der Waals surface area contributed by atoms with Crippen LogP contribution in [0.3, 0.4) is 0 Å². The van der Waals surface area contributed by atoms with Crippen molar-refractivity contribution in [3.63, 3.8) is 0 Å². The van der Waals surface area contributed by atoms with Crippen LogP contribution in [0.25, 0.3) is 6.08 Å². The minimum atomic E-state index is -0.450. The van der Waals surface area contributed by atoms with Gasteiger partial charge in [0.15, 0.2) is 0 Å². The highest BCUT2D eigenvalue weighted by Crippen LogP contribution is 2.29. The average molecular weight is 479 g/mol. The minimum absolute atomic E-state index is 0.0219. The largest absolute Gasteiger partial charge is 0.488 e. The molecule has 0 heterocycles. The lowest BCUT2D eigenvalue weighted by molar-refractivity contribution is -0.112. The number of amides is 1. The van der Waals surface area contributed by atoms with E-state index in [-0.39, 0.29) is 5.57 Å². The molecule has 0 aliphatic rings. The molecular formula is C27H24Cl2N2O2. The van der Waals surface area contributed by atoms with E-state index in [0.717, 1.165) is 39.1 Å². The van der Waals surface area contributed by atoms with E-state index < -0.39 is 5.91 Å². The van der Waals surface area contributed by atoms with Crippen molar-refractivity contribution in [3.05, 3.63) is 97.5 Å². The van der Waals surface area contributed by atoms with Crippen molar-refractivity contribution < 1.29 is 9.53 Å². The number of nitriles is 1. The van der Waals surface area contributed by atoms with Gasteiger partial charge in [-0.1, -0.05) is 35.3 Å². The maximum atomic E-state index is 12.6. The monoisotopic (exact) mass is 478 g/mol. The van der Waals surface area contributed by atoms with Gasteiger partial charge in [0.25, 0.3) is 5.91 Å². The Hall–Kier alpha value is -3.26. The molecule has 0 fully saturated rings. The van der Waals surface area contributed by atoms with Crippen molar-refractivity contribution in [2.75, 3.05) is 5.32 Å². The summed E-state index contributed by atoms with van der Waals surface area (Å²) in [6.45, 7) is 8.12. The normalized spacial score (nSPS) is 11.1. The summed E-state index contributed by atoms with van der Waals surface area (Å²) in [4.78, 5) is 12.6. The molecule has 3 aromatic carbocycles. The molecule has 33 heavy (non-hydrogen) atoms. The van der Waals surface area contributed by atoms with Crippen LogP contribution in [0.15, 0.2) is 54.1 Å². The van der Waals surface area contributed by atoms with Crippen molar-refractivity contribution >= 4 is 40.9 Å². The molecule has 0 unspecified atom stereocenters. The van der Waals surface area contributed by atoms with E-state index in [4.69, 9.17) is 27.9 Å². The molecule has 6 heteroatoms. The Labute approximate surface area is 204 Å². The minimum Gasteiger partial charge on any atom is -0.488 e. The van der Waals surface area contributed by atoms with Crippen molar-refractivity contribution in [2.24, 2.45) is 0 Å². The number of rotatable bonds is 6. The zero-order valence-electron chi connectivity index (χ0n) is 18.9. The van der Waals surface area contributed by atoms with E-state index in [1.54, 1.807) is 18.2 Å².